The van der Waals surface area contributed by atoms with E-state index in [-0.39, 0.29) is 12.5 Å². The molecule has 0 atom stereocenters. The van der Waals surface area contributed by atoms with Crippen molar-refractivity contribution in [2.45, 2.75) is 13.5 Å². The minimum Gasteiger partial charge on any atom is -0.496 e. The summed E-state index contributed by atoms with van der Waals surface area (Å²) < 4.78 is 28.1. The number of imidazole rings is 1. The molecule has 2 aromatic heterocycles. The zero-order valence-electron chi connectivity index (χ0n) is 17.8. The van der Waals surface area contributed by atoms with Crippen molar-refractivity contribution in [2.24, 2.45) is 0 Å². The fourth-order valence-electron chi connectivity index (χ4n) is 3.89. The molecule has 0 aliphatic carbocycles. The highest BCUT2D eigenvalue weighted by molar-refractivity contribution is 5.99. The van der Waals surface area contributed by atoms with Gasteiger partial charge in [-0.25, -0.2) is 9.37 Å². The number of nitrogens with zero attached hydrogens (tertiary/aromatic N) is 5. The van der Waals surface area contributed by atoms with Crippen LogP contribution in [-0.2, 0) is 11.3 Å². The van der Waals surface area contributed by atoms with Crippen molar-refractivity contribution in [1.82, 2.24) is 19.7 Å². The van der Waals surface area contributed by atoms with Crippen LogP contribution in [0.5, 0.6) is 11.5 Å². The molecule has 0 saturated heterocycles. The summed E-state index contributed by atoms with van der Waals surface area (Å²) in [5.74, 6) is 0.339. The summed E-state index contributed by atoms with van der Waals surface area (Å²) in [6, 6.07) is 8.21. The molecule has 0 spiro atoms. The predicted octanol–water partition coefficient (Wildman–Crippen LogP) is 3.68. The number of carbonyl (C=O) groups excluding carboxylic acids is 1. The summed E-state index contributed by atoms with van der Waals surface area (Å²) in [6.07, 6.45) is 3.34. The van der Waals surface area contributed by atoms with Gasteiger partial charge in [-0.15, -0.1) is 5.10 Å². The Labute approximate surface area is 183 Å². The first-order chi connectivity index (χ1) is 15.5. The number of fused-ring (bicyclic) bond motifs is 2. The summed E-state index contributed by atoms with van der Waals surface area (Å²) >= 11 is 0. The van der Waals surface area contributed by atoms with Gasteiger partial charge in [-0.3, -0.25) is 4.79 Å². The molecule has 8 nitrogen and oxygen atoms in total. The van der Waals surface area contributed by atoms with Crippen LogP contribution in [0.4, 0.5) is 10.1 Å². The second-order valence-corrected chi connectivity index (χ2v) is 7.42. The molecule has 2 aromatic carbocycles. The highest BCUT2D eigenvalue weighted by Gasteiger charge is 2.26. The third-order valence-electron chi connectivity index (χ3n) is 5.68. The topological polar surface area (TPSA) is 82.4 Å². The predicted molar refractivity (Wildman–Crippen MR) is 117 cm³/mol. The molecule has 0 radical (unpaired) electrons. The molecular formula is C23H20FN5O3. The Kier molecular flexibility index (Phi) is 4.73. The molecule has 1 aliphatic heterocycles. The standard InChI is InChI=1S/C23H20FN5O3/c1-4-29-12-25-22-16(10-26-27-23(22)29)13-5-6-17(24)14(7-13)15-8-20-18(9-19(15)31-3)28(2)21(30)11-32-20/h5-10,12H,4,11H2,1-3H3. The Morgan fingerprint density at radius 1 is 1.19 bits per heavy atom. The van der Waals surface area contributed by atoms with E-state index in [9.17, 15) is 4.79 Å². The van der Waals surface area contributed by atoms with Crippen molar-refractivity contribution in [2.75, 3.05) is 25.7 Å². The van der Waals surface area contributed by atoms with Crippen molar-refractivity contribution < 1.29 is 18.7 Å². The average Bonchev–Trinajstić information content (AvgIpc) is 3.25. The van der Waals surface area contributed by atoms with E-state index in [1.54, 1.807) is 43.8 Å². The number of halogens is 1. The molecule has 3 heterocycles. The zero-order chi connectivity index (χ0) is 22.4. The first-order valence-corrected chi connectivity index (χ1v) is 10.1. The number of aromatic nitrogens is 4. The van der Waals surface area contributed by atoms with E-state index in [1.165, 1.54) is 18.1 Å². The molecule has 0 saturated carbocycles. The van der Waals surface area contributed by atoms with Gasteiger partial charge in [0.2, 0.25) is 0 Å². The summed E-state index contributed by atoms with van der Waals surface area (Å²) in [5.41, 5.74) is 4.29. The Balaban J connectivity index is 1.68. The van der Waals surface area contributed by atoms with Crippen LogP contribution in [-0.4, -0.2) is 46.4 Å². The number of ether oxygens (including phenoxy) is 2. The van der Waals surface area contributed by atoms with Crippen LogP contribution in [0.3, 0.4) is 0 Å². The van der Waals surface area contributed by atoms with Crippen LogP contribution in [0.1, 0.15) is 6.92 Å². The Hall–Kier alpha value is -4.01. The van der Waals surface area contributed by atoms with Gasteiger partial charge in [-0.05, 0) is 30.7 Å². The molecule has 0 N–H and O–H groups in total. The van der Waals surface area contributed by atoms with Crippen LogP contribution in [0.25, 0.3) is 33.4 Å². The summed E-state index contributed by atoms with van der Waals surface area (Å²) in [4.78, 5) is 18.0. The van der Waals surface area contributed by atoms with Crippen molar-refractivity contribution in [3.63, 3.8) is 0 Å². The van der Waals surface area contributed by atoms with Crippen molar-refractivity contribution in [1.29, 1.82) is 0 Å². The quantitative estimate of drug-likeness (QED) is 0.488. The number of aryl methyl sites for hydroxylation is 1. The van der Waals surface area contributed by atoms with Crippen LogP contribution < -0.4 is 14.4 Å². The highest BCUT2D eigenvalue weighted by Crippen LogP contribution is 2.43. The van der Waals surface area contributed by atoms with E-state index < -0.39 is 5.82 Å². The third-order valence-corrected chi connectivity index (χ3v) is 5.68. The maximum Gasteiger partial charge on any atom is 0.264 e. The highest BCUT2D eigenvalue weighted by atomic mass is 19.1. The number of methoxy groups -OCH3 is 1. The fourth-order valence-corrected chi connectivity index (χ4v) is 3.89. The molecule has 4 aromatic rings. The molecule has 9 heteroatoms. The largest absolute Gasteiger partial charge is 0.496 e. The average molecular weight is 433 g/mol. The van der Waals surface area contributed by atoms with E-state index >= 15 is 4.39 Å². The lowest BCUT2D eigenvalue weighted by atomic mass is 9.97. The lowest BCUT2D eigenvalue weighted by Gasteiger charge is -2.27. The van der Waals surface area contributed by atoms with Gasteiger partial charge in [0, 0.05) is 36.3 Å². The molecule has 0 bridgehead atoms. The molecule has 0 fully saturated rings. The van der Waals surface area contributed by atoms with Gasteiger partial charge in [-0.2, -0.15) is 5.10 Å². The zero-order valence-corrected chi connectivity index (χ0v) is 17.8. The molecular weight excluding hydrogens is 413 g/mol. The van der Waals surface area contributed by atoms with Crippen LogP contribution >= 0.6 is 0 Å². The SMILES string of the molecule is CCn1cnc2c(-c3ccc(F)c(-c4cc5c(cc4OC)N(C)C(=O)CO5)c3)cnnc21. The van der Waals surface area contributed by atoms with Gasteiger partial charge < -0.3 is 18.9 Å². The minimum absolute atomic E-state index is 0.0709. The lowest BCUT2D eigenvalue weighted by Crippen LogP contribution is -2.35. The number of likely N-dealkylation sites (N-methyl/N-ethyl adjacent to an activating group) is 1. The smallest absolute Gasteiger partial charge is 0.264 e. The van der Waals surface area contributed by atoms with E-state index in [4.69, 9.17) is 9.47 Å². The van der Waals surface area contributed by atoms with Crippen LogP contribution in [0.2, 0.25) is 0 Å². The monoisotopic (exact) mass is 433 g/mol. The van der Waals surface area contributed by atoms with E-state index in [2.05, 4.69) is 15.2 Å². The number of anilines is 1. The van der Waals surface area contributed by atoms with Gasteiger partial charge in [0.25, 0.3) is 5.91 Å². The van der Waals surface area contributed by atoms with Crippen molar-refractivity contribution in [3.8, 4) is 33.8 Å². The second kappa shape index (κ2) is 7.60. The Morgan fingerprint density at radius 3 is 2.81 bits per heavy atom. The summed E-state index contributed by atoms with van der Waals surface area (Å²) in [5, 5.41) is 8.31. The van der Waals surface area contributed by atoms with Crippen molar-refractivity contribution >= 4 is 22.8 Å². The summed E-state index contributed by atoms with van der Waals surface area (Å²) in [7, 11) is 3.17. The van der Waals surface area contributed by atoms with E-state index in [0.717, 1.165) is 11.1 Å². The lowest BCUT2D eigenvalue weighted by molar-refractivity contribution is -0.120. The molecule has 5 rings (SSSR count). The van der Waals surface area contributed by atoms with Gasteiger partial charge >= 0.3 is 0 Å². The number of benzene rings is 2. The first-order valence-electron chi connectivity index (χ1n) is 10.1. The molecule has 32 heavy (non-hydrogen) atoms. The normalized spacial score (nSPS) is 13.2. The van der Waals surface area contributed by atoms with Crippen LogP contribution in [0, 0.1) is 5.82 Å². The Bertz CT molecular complexity index is 1370. The molecule has 162 valence electrons. The maximum atomic E-state index is 15.0. The minimum atomic E-state index is -0.412. The number of rotatable bonds is 4. The maximum absolute atomic E-state index is 15.0. The third kappa shape index (κ3) is 3.05. The van der Waals surface area contributed by atoms with Crippen LogP contribution in [0.15, 0.2) is 42.9 Å². The molecule has 0 unspecified atom stereocenters. The fraction of sp³-hybridized carbons (Fsp3) is 0.217. The van der Waals surface area contributed by atoms with Gasteiger partial charge in [0.15, 0.2) is 12.3 Å². The van der Waals surface area contributed by atoms with Crippen molar-refractivity contribution in [3.05, 3.63) is 48.7 Å². The number of amides is 1. The second-order valence-electron chi connectivity index (χ2n) is 7.42. The Morgan fingerprint density at radius 2 is 2.03 bits per heavy atom. The number of hydrogen-bond acceptors (Lipinski definition) is 6. The van der Waals surface area contributed by atoms with E-state index in [1.807, 2.05) is 11.5 Å². The first kappa shape index (κ1) is 19.9. The van der Waals surface area contributed by atoms with Gasteiger partial charge in [0.1, 0.15) is 22.8 Å². The number of carbonyl (C=O) groups is 1. The van der Waals surface area contributed by atoms with Gasteiger partial charge in [0.05, 0.1) is 25.3 Å². The van der Waals surface area contributed by atoms with E-state index in [0.29, 0.717) is 46.0 Å². The number of hydrogen-bond donors (Lipinski definition) is 0. The molecule has 1 amide bonds. The summed E-state index contributed by atoms with van der Waals surface area (Å²) in [6.45, 7) is 2.64. The van der Waals surface area contributed by atoms with Gasteiger partial charge in [-0.1, -0.05) is 6.07 Å². The molecule has 1 aliphatic rings.